The molecule has 4 aromatic carbocycles. The van der Waals surface area contributed by atoms with Gasteiger partial charge in [-0.3, -0.25) is 4.79 Å². The van der Waals surface area contributed by atoms with Gasteiger partial charge in [-0.25, -0.2) is 4.79 Å². The lowest BCUT2D eigenvalue weighted by Gasteiger charge is -2.29. The van der Waals surface area contributed by atoms with E-state index in [4.69, 9.17) is 9.47 Å². The maximum Gasteiger partial charge on any atom is 0.339 e. The van der Waals surface area contributed by atoms with Crippen LogP contribution in [-0.4, -0.2) is 44.0 Å². The van der Waals surface area contributed by atoms with Crippen LogP contribution in [0.2, 0.25) is 0 Å². The Hall–Kier alpha value is -4.42. The molecule has 1 N–H and O–H groups in total. The molecule has 1 fully saturated rings. The highest BCUT2D eigenvalue weighted by molar-refractivity contribution is 6.10. The second-order valence-corrected chi connectivity index (χ2v) is 10.2. The molecule has 6 nitrogen and oxygen atoms in total. The van der Waals surface area contributed by atoms with Gasteiger partial charge in [0.15, 0.2) is 0 Å². The lowest BCUT2D eigenvalue weighted by atomic mass is 9.88. The zero-order valence-electron chi connectivity index (χ0n) is 22.9. The van der Waals surface area contributed by atoms with Crippen molar-refractivity contribution in [3.8, 4) is 16.9 Å². The summed E-state index contributed by atoms with van der Waals surface area (Å²) in [5.74, 6) is 0.0126. The van der Waals surface area contributed by atoms with Crippen LogP contribution in [0.15, 0.2) is 97.1 Å². The molecule has 0 bridgehead atoms. The van der Waals surface area contributed by atoms with Crippen molar-refractivity contribution < 1.29 is 19.1 Å². The van der Waals surface area contributed by atoms with Crippen molar-refractivity contribution in [3.05, 3.63) is 119 Å². The number of amides is 1. The Morgan fingerprint density at radius 2 is 1.52 bits per heavy atom. The number of anilines is 1. The largest absolute Gasteiger partial charge is 0.488 e. The summed E-state index contributed by atoms with van der Waals surface area (Å²) in [6, 6.07) is 31.0. The lowest BCUT2D eigenvalue weighted by Crippen LogP contribution is -2.29. The smallest absolute Gasteiger partial charge is 0.339 e. The number of rotatable bonds is 8. The molecule has 1 aliphatic rings. The monoisotopic (exact) mass is 534 g/mol. The third kappa shape index (κ3) is 6.41. The number of hydrogen-bond acceptors (Lipinski definition) is 5. The number of carbonyl (C=O) groups excluding carboxylic acids is 2. The zero-order valence-corrected chi connectivity index (χ0v) is 22.9. The van der Waals surface area contributed by atoms with E-state index in [1.54, 1.807) is 6.07 Å². The minimum absolute atomic E-state index is 0.286. The fourth-order valence-electron chi connectivity index (χ4n) is 5.12. The van der Waals surface area contributed by atoms with Gasteiger partial charge in [-0.15, -0.1) is 0 Å². The third-order valence-electron chi connectivity index (χ3n) is 7.46. The molecular weight excluding hydrogens is 500 g/mol. The first kappa shape index (κ1) is 27.2. The molecule has 204 valence electrons. The van der Waals surface area contributed by atoms with Crippen molar-refractivity contribution in [2.45, 2.75) is 25.4 Å². The summed E-state index contributed by atoms with van der Waals surface area (Å²) in [5.41, 5.74) is 5.10. The van der Waals surface area contributed by atoms with Gasteiger partial charge in [0.05, 0.1) is 23.9 Å². The molecule has 0 aromatic heterocycles. The number of piperidine rings is 1. The predicted molar refractivity (Wildman–Crippen MR) is 158 cm³/mol. The van der Waals surface area contributed by atoms with E-state index in [-0.39, 0.29) is 11.5 Å². The Kier molecular flexibility index (Phi) is 8.57. The molecule has 0 radical (unpaired) electrons. The van der Waals surface area contributed by atoms with Gasteiger partial charge in [0.25, 0.3) is 5.91 Å². The molecule has 0 unspecified atom stereocenters. The van der Waals surface area contributed by atoms with Gasteiger partial charge in [-0.2, -0.15) is 0 Å². The Morgan fingerprint density at radius 1 is 0.825 bits per heavy atom. The molecule has 1 aliphatic heterocycles. The highest BCUT2D eigenvalue weighted by Gasteiger charge is 2.23. The van der Waals surface area contributed by atoms with E-state index in [1.165, 1.54) is 7.11 Å². The molecule has 1 heterocycles. The standard InChI is InChI=1S/C34H34N2O4/c1-36-19-17-26(18-20-36)27-14-16-32(40-23-24-9-5-3-6-10-24)30(21-27)33(37)35-31-22-28(25-11-7-4-8-12-25)13-15-29(31)34(38)39-2/h3-16,21-22,26H,17-20,23H2,1-2H3,(H,35,37). The average Bonchev–Trinajstić information content (AvgIpc) is 3.01. The quantitative estimate of drug-likeness (QED) is 0.252. The number of hydrogen-bond donors (Lipinski definition) is 1. The summed E-state index contributed by atoms with van der Waals surface area (Å²) in [6.45, 7) is 2.38. The first-order chi connectivity index (χ1) is 19.5. The van der Waals surface area contributed by atoms with E-state index >= 15 is 0 Å². The summed E-state index contributed by atoms with van der Waals surface area (Å²) in [5, 5.41) is 3.00. The first-order valence-corrected chi connectivity index (χ1v) is 13.6. The van der Waals surface area contributed by atoms with Gasteiger partial charge in [0.1, 0.15) is 12.4 Å². The molecule has 6 heteroatoms. The summed E-state index contributed by atoms with van der Waals surface area (Å²) >= 11 is 0. The van der Waals surface area contributed by atoms with Crippen LogP contribution in [0, 0.1) is 0 Å². The number of likely N-dealkylation sites (tertiary alicyclic amines) is 1. The molecule has 0 spiro atoms. The molecular formula is C34H34N2O4. The van der Waals surface area contributed by atoms with E-state index in [9.17, 15) is 9.59 Å². The topological polar surface area (TPSA) is 67.9 Å². The van der Waals surface area contributed by atoms with Gasteiger partial charge in [0.2, 0.25) is 0 Å². The number of benzene rings is 4. The predicted octanol–water partition coefficient (Wildman–Crippen LogP) is 6.78. The number of nitrogens with zero attached hydrogens (tertiary/aromatic N) is 1. The van der Waals surface area contributed by atoms with Crippen LogP contribution in [0.25, 0.3) is 11.1 Å². The molecule has 0 aliphatic carbocycles. The summed E-state index contributed by atoms with van der Waals surface area (Å²) < 4.78 is 11.2. The highest BCUT2D eigenvalue weighted by Crippen LogP contribution is 2.33. The van der Waals surface area contributed by atoms with E-state index < -0.39 is 5.97 Å². The van der Waals surface area contributed by atoms with E-state index in [0.29, 0.717) is 29.5 Å². The second-order valence-electron chi connectivity index (χ2n) is 10.2. The van der Waals surface area contributed by atoms with E-state index in [2.05, 4.69) is 23.3 Å². The average molecular weight is 535 g/mol. The molecule has 0 saturated carbocycles. The van der Waals surface area contributed by atoms with Crippen LogP contribution in [-0.2, 0) is 11.3 Å². The molecule has 1 saturated heterocycles. The van der Waals surface area contributed by atoms with Crippen molar-refractivity contribution in [1.82, 2.24) is 4.90 Å². The maximum absolute atomic E-state index is 13.9. The maximum atomic E-state index is 13.9. The minimum Gasteiger partial charge on any atom is -0.488 e. The zero-order chi connectivity index (χ0) is 27.9. The Balaban J connectivity index is 1.48. The van der Waals surface area contributed by atoms with Gasteiger partial charge < -0.3 is 19.7 Å². The van der Waals surface area contributed by atoms with Crippen LogP contribution >= 0.6 is 0 Å². The van der Waals surface area contributed by atoms with Crippen molar-refractivity contribution in [3.63, 3.8) is 0 Å². The number of nitrogens with one attached hydrogen (secondary N) is 1. The fourth-order valence-corrected chi connectivity index (χ4v) is 5.12. The Bertz CT molecular complexity index is 1460. The van der Waals surface area contributed by atoms with E-state index in [0.717, 1.165) is 48.2 Å². The van der Waals surface area contributed by atoms with Crippen LogP contribution in [0.4, 0.5) is 5.69 Å². The van der Waals surface area contributed by atoms with Crippen LogP contribution < -0.4 is 10.1 Å². The SMILES string of the molecule is COC(=O)c1ccc(-c2ccccc2)cc1NC(=O)c1cc(C2CCN(C)CC2)ccc1OCc1ccccc1. The first-order valence-electron chi connectivity index (χ1n) is 13.6. The van der Waals surface area contributed by atoms with Gasteiger partial charge in [-0.1, -0.05) is 72.8 Å². The van der Waals surface area contributed by atoms with Crippen molar-refractivity contribution in [2.24, 2.45) is 0 Å². The fraction of sp³-hybridized carbons (Fsp3) is 0.235. The minimum atomic E-state index is -0.518. The molecule has 40 heavy (non-hydrogen) atoms. The molecule has 4 aromatic rings. The summed E-state index contributed by atoms with van der Waals surface area (Å²) in [4.78, 5) is 28.8. The van der Waals surface area contributed by atoms with E-state index in [1.807, 2.05) is 84.9 Å². The van der Waals surface area contributed by atoms with Crippen LogP contribution in [0.1, 0.15) is 50.6 Å². The number of carbonyl (C=O) groups is 2. The van der Waals surface area contributed by atoms with Crippen LogP contribution in [0.3, 0.4) is 0 Å². The number of methoxy groups -OCH3 is 1. The van der Waals surface area contributed by atoms with Gasteiger partial charge in [-0.05, 0) is 85.4 Å². The number of esters is 1. The molecule has 5 rings (SSSR count). The summed E-state index contributed by atoms with van der Waals surface area (Å²) in [6.07, 6.45) is 2.07. The highest BCUT2D eigenvalue weighted by atomic mass is 16.5. The second kappa shape index (κ2) is 12.6. The Labute approximate surface area is 235 Å². The Morgan fingerprint density at radius 3 is 2.23 bits per heavy atom. The number of ether oxygens (including phenoxy) is 2. The lowest BCUT2D eigenvalue weighted by molar-refractivity contribution is 0.0602. The van der Waals surface area contributed by atoms with Gasteiger partial charge in [0, 0.05) is 0 Å². The van der Waals surface area contributed by atoms with Crippen molar-refractivity contribution >= 4 is 17.6 Å². The third-order valence-corrected chi connectivity index (χ3v) is 7.46. The van der Waals surface area contributed by atoms with Crippen molar-refractivity contribution in [1.29, 1.82) is 0 Å². The molecule has 1 amide bonds. The van der Waals surface area contributed by atoms with Crippen molar-refractivity contribution in [2.75, 3.05) is 32.6 Å². The van der Waals surface area contributed by atoms with Gasteiger partial charge >= 0.3 is 5.97 Å². The van der Waals surface area contributed by atoms with Crippen LogP contribution in [0.5, 0.6) is 5.75 Å². The summed E-state index contributed by atoms with van der Waals surface area (Å²) in [7, 11) is 3.47. The normalized spacial score (nSPS) is 13.9. The molecule has 0 atom stereocenters.